The normalized spacial score (nSPS) is 10.6. The molecule has 0 saturated heterocycles. The number of aliphatic carboxylic acids is 1. The van der Waals surface area contributed by atoms with Gasteiger partial charge in [0.05, 0.1) is 29.6 Å². The second kappa shape index (κ2) is 7.97. The molecule has 1 aromatic carbocycles. The van der Waals surface area contributed by atoms with Crippen molar-refractivity contribution in [3.8, 4) is 5.69 Å². The molecule has 0 spiro atoms. The number of hydrogen-bond acceptors (Lipinski definition) is 3. The molecule has 1 amide bonds. The number of carboxylic acid groups (broad SMARTS) is 1. The predicted octanol–water partition coefficient (Wildman–Crippen LogP) is 3.02. The summed E-state index contributed by atoms with van der Waals surface area (Å²) in [5.41, 5.74) is 2.05. The molecule has 1 heterocycles. The van der Waals surface area contributed by atoms with E-state index in [9.17, 15) is 9.59 Å². The fourth-order valence-corrected chi connectivity index (χ4v) is 2.71. The molecular formula is C17H20ClN3O3. The van der Waals surface area contributed by atoms with E-state index in [1.165, 1.54) is 11.1 Å². The minimum Gasteiger partial charge on any atom is -0.481 e. The van der Waals surface area contributed by atoms with Crippen LogP contribution in [0.15, 0.2) is 30.5 Å². The van der Waals surface area contributed by atoms with Crippen LogP contribution in [-0.4, -0.2) is 44.8 Å². The number of nitrogens with zero attached hydrogens (tertiary/aromatic N) is 3. The molecule has 6 nitrogen and oxygen atoms in total. The highest BCUT2D eigenvalue weighted by Crippen LogP contribution is 2.20. The van der Waals surface area contributed by atoms with Crippen LogP contribution in [0.5, 0.6) is 0 Å². The molecule has 2 aromatic rings. The van der Waals surface area contributed by atoms with Gasteiger partial charge in [-0.15, -0.1) is 0 Å². The van der Waals surface area contributed by atoms with Crippen molar-refractivity contribution in [2.45, 2.75) is 26.7 Å². The van der Waals surface area contributed by atoms with Crippen LogP contribution < -0.4 is 0 Å². The van der Waals surface area contributed by atoms with Crippen LogP contribution in [0.3, 0.4) is 0 Å². The third-order valence-electron chi connectivity index (χ3n) is 3.75. The average molecular weight is 350 g/mol. The van der Waals surface area contributed by atoms with Gasteiger partial charge >= 0.3 is 5.97 Å². The Morgan fingerprint density at radius 1 is 1.33 bits per heavy atom. The second-order valence-corrected chi connectivity index (χ2v) is 5.72. The molecule has 0 aliphatic heterocycles. The van der Waals surface area contributed by atoms with Crippen LogP contribution in [0.2, 0.25) is 5.02 Å². The van der Waals surface area contributed by atoms with Crippen molar-refractivity contribution in [2.24, 2.45) is 0 Å². The number of carboxylic acids is 1. The Hall–Kier alpha value is -2.34. The lowest BCUT2D eigenvalue weighted by molar-refractivity contribution is -0.137. The standard InChI is InChI=1S/C17H20ClN3O3/c1-3-15-14(17(24)20(4-2)9-8-16(22)23)11-19-21(15)13-7-5-6-12(18)10-13/h5-7,10-11H,3-4,8-9H2,1-2H3,(H,22,23). The minimum absolute atomic E-state index is 0.0799. The van der Waals surface area contributed by atoms with E-state index in [0.717, 1.165) is 11.4 Å². The first-order valence-corrected chi connectivity index (χ1v) is 8.19. The molecule has 0 fully saturated rings. The van der Waals surface area contributed by atoms with Crippen LogP contribution in [0.1, 0.15) is 36.3 Å². The molecule has 0 atom stereocenters. The van der Waals surface area contributed by atoms with E-state index in [0.29, 0.717) is 23.6 Å². The average Bonchev–Trinajstić information content (AvgIpc) is 2.98. The zero-order chi connectivity index (χ0) is 17.7. The number of amides is 1. The summed E-state index contributed by atoms with van der Waals surface area (Å²) in [4.78, 5) is 25.0. The lowest BCUT2D eigenvalue weighted by Gasteiger charge is -2.20. The van der Waals surface area contributed by atoms with Gasteiger partial charge in [0.2, 0.25) is 0 Å². The number of hydrogen-bond donors (Lipinski definition) is 1. The number of halogens is 1. The van der Waals surface area contributed by atoms with Gasteiger partial charge in [0.15, 0.2) is 0 Å². The molecule has 0 saturated carbocycles. The van der Waals surface area contributed by atoms with Crippen LogP contribution >= 0.6 is 11.6 Å². The number of carbonyl (C=O) groups is 2. The first-order valence-electron chi connectivity index (χ1n) is 7.81. The largest absolute Gasteiger partial charge is 0.481 e. The molecule has 7 heteroatoms. The van der Waals surface area contributed by atoms with Gasteiger partial charge in [-0.05, 0) is 31.5 Å². The summed E-state index contributed by atoms with van der Waals surface area (Å²) in [6.07, 6.45) is 2.07. The Balaban J connectivity index is 2.34. The fraction of sp³-hybridized carbons (Fsp3) is 0.353. The lowest BCUT2D eigenvalue weighted by atomic mass is 10.1. The Labute approximate surface area is 145 Å². The van der Waals surface area contributed by atoms with Gasteiger partial charge < -0.3 is 10.0 Å². The van der Waals surface area contributed by atoms with Crippen molar-refractivity contribution < 1.29 is 14.7 Å². The zero-order valence-corrected chi connectivity index (χ0v) is 14.5. The quantitative estimate of drug-likeness (QED) is 0.833. The number of benzene rings is 1. The second-order valence-electron chi connectivity index (χ2n) is 5.28. The van der Waals surface area contributed by atoms with E-state index in [2.05, 4.69) is 5.10 Å². The summed E-state index contributed by atoms with van der Waals surface area (Å²) < 4.78 is 1.70. The van der Waals surface area contributed by atoms with Crippen LogP contribution in [0, 0.1) is 0 Å². The highest BCUT2D eigenvalue weighted by molar-refractivity contribution is 6.30. The maximum absolute atomic E-state index is 12.7. The number of rotatable bonds is 7. The van der Waals surface area contributed by atoms with Crippen molar-refractivity contribution in [3.05, 3.63) is 46.7 Å². The van der Waals surface area contributed by atoms with Gasteiger partial charge in [-0.25, -0.2) is 4.68 Å². The highest BCUT2D eigenvalue weighted by atomic mass is 35.5. The maximum atomic E-state index is 12.7. The van der Waals surface area contributed by atoms with Crippen LogP contribution in [0.4, 0.5) is 0 Å². The van der Waals surface area contributed by atoms with E-state index in [-0.39, 0.29) is 18.9 Å². The number of carbonyl (C=O) groups excluding carboxylic acids is 1. The molecule has 1 aromatic heterocycles. The predicted molar refractivity (Wildman–Crippen MR) is 91.8 cm³/mol. The van der Waals surface area contributed by atoms with E-state index in [1.807, 2.05) is 26.0 Å². The highest BCUT2D eigenvalue weighted by Gasteiger charge is 2.22. The van der Waals surface area contributed by atoms with Gasteiger partial charge in [-0.3, -0.25) is 9.59 Å². The summed E-state index contributed by atoms with van der Waals surface area (Å²) in [5, 5.41) is 13.7. The minimum atomic E-state index is -0.924. The van der Waals surface area contributed by atoms with Crippen molar-refractivity contribution in [1.82, 2.24) is 14.7 Å². The van der Waals surface area contributed by atoms with Gasteiger partial charge in [-0.1, -0.05) is 24.6 Å². The molecule has 0 unspecified atom stereocenters. The monoisotopic (exact) mass is 349 g/mol. The molecule has 24 heavy (non-hydrogen) atoms. The molecule has 0 bridgehead atoms. The Kier molecular flexibility index (Phi) is 5.98. The van der Waals surface area contributed by atoms with E-state index in [4.69, 9.17) is 16.7 Å². The molecule has 0 aliphatic carbocycles. The third kappa shape index (κ3) is 3.94. The molecule has 0 radical (unpaired) electrons. The summed E-state index contributed by atoms with van der Waals surface area (Å²) >= 11 is 6.03. The third-order valence-corrected chi connectivity index (χ3v) is 3.99. The van der Waals surface area contributed by atoms with Crippen LogP contribution in [0.25, 0.3) is 5.69 Å². The van der Waals surface area contributed by atoms with Crippen molar-refractivity contribution in [1.29, 1.82) is 0 Å². The fourth-order valence-electron chi connectivity index (χ4n) is 2.53. The Bertz CT molecular complexity index is 742. The van der Waals surface area contributed by atoms with Crippen molar-refractivity contribution in [2.75, 3.05) is 13.1 Å². The summed E-state index contributed by atoms with van der Waals surface area (Å²) in [7, 11) is 0. The zero-order valence-electron chi connectivity index (χ0n) is 13.7. The topological polar surface area (TPSA) is 75.4 Å². The van der Waals surface area contributed by atoms with Gasteiger partial charge in [0.1, 0.15) is 0 Å². The summed E-state index contributed by atoms with van der Waals surface area (Å²) in [6, 6.07) is 7.25. The molecule has 128 valence electrons. The van der Waals surface area contributed by atoms with Gasteiger partial charge in [-0.2, -0.15) is 5.10 Å². The molecule has 0 aliphatic rings. The first-order chi connectivity index (χ1) is 11.5. The Morgan fingerprint density at radius 2 is 2.08 bits per heavy atom. The molecule has 1 N–H and O–H groups in total. The summed E-state index contributed by atoms with van der Waals surface area (Å²) in [6.45, 7) is 4.39. The maximum Gasteiger partial charge on any atom is 0.305 e. The van der Waals surface area contributed by atoms with E-state index < -0.39 is 5.97 Å². The number of aromatic nitrogens is 2. The molecule has 2 rings (SSSR count). The van der Waals surface area contributed by atoms with Gasteiger partial charge in [0.25, 0.3) is 5.91 Å². The van der Waals surface area contributed by atoms with Gasteiger partial charge in [0, 0.05) is 18.1 Å². The summed E-state index contributed by atoms with van der Waals surface area (Å²) in [5.74, 6) is -1.13. The molecular weight excluding hydrogens is 330 g/mol. The first kappa shape index (κ1) is 18.0. The van der Waals surface area contributed by atoms with Crippen LogP contribution in [-0.2, 0) is 11.2 Å². The SMILES string of the molecule is CCc1c(C(=O)N(CC)CCC(=O)O)cnn1-c1cccc(Cl)c1. The van der Waals surface area contributed by atoms with E-state index >= 15 is 0 Å². The van der Waals surface area contributed by atoms with Crippen molar-refractivity contribution >= 4 is 23.5 Å². The van der Waals surface area contributed by atoms with Crippen molar-refractivity contribution in [3.63, 3.8) is 0 Å². The van der Waals surface area contributed by atoms with E-state index in [1.54, 1.807) is 16.8 Å². The Morgan fingerprint density at radius 3 is 2.67 bits per heavy atom. The lowest BCUT2D eigenvalue weighted by Crippen LogP contribution is -2.33. The smallest absolute Gasteiger partial charge is 0.305 e.